The summed E-state index contributed by atoms with van der Waals surface area (Å²) < 4.78 is 27.3. The Kier molecular flexibility index (Phi) is 3.48. The Labute approximate surface area is 101 Å². The van der Waals surface area contributed by atoms with Crippen molar-refractivity contribution in [2.24, 2.45) is 0 Å². The van der Waals surface area contributed by atoms with Gasteiger partial charge in [-0.05, 0) is 19.4 Å². The van der Waals surface area contributed by atoms with Gasteiger partial charge >= 0.3 is 0 Å². The number of aromatic nitrogens is 2. The van der Waals surface area contributed by atoms with Gasteiger partial charge in [0.05, 0.1) is 11.8 Å². The van der Waals surface area contributed by atoms with Crippen molar-refractivity contribution in [3.8, 4) is 0 Å². The third kappa shape index (κ3) is 3.26. The van der Waals surface area contributed by atoms with Crippen LogP contribution < -0.4 is 0 Å². The Morgan fingerprint density at radius 3 is 2.88 bits per heavy atom. The predicted octanol–water partition coefficient (Wildman–Crippen LogP) is 0.560. The van der Waals surface area contributed by atoms with E-state index >= 15 is 0 Å². The molecule has 7 heteroatoms. The van der Waals surface area contributed by atoms with Crippen LogP contribution >= 0.6 is 0 Å². The number of hydrogen-bond acceptors (Lipinski definition) is 6. The van der Waals surface area contributed by atoms with Crippen LogP contribution in [0.15, 0.2) is 4.52 Å². The largest absolute Gasteiger partial charge is 0.340 e. The molecule has 2 rings (SSSR count). The standard InChI is InChI=1S/C10H17N3O3S/c1-8-11-10(12-16-8)9-4-3-5-13(9)6-7-17(2,14)15/h9H,3-7H2,1-2H3/t9-/m1/s1. The normalized spacial score (nSPS) is 22.1. The summed E-state index contributed by atoms with van der Waals surface area (Å²) in [5.74, 6) is 1.41. The molecule has 2 heterocycles. The van der Waals surface area contributed by atoms with Gasteiger partial charge in [0, 0.05) is 19.7 Å². The van der Waals surface area contributed by atoms with Crippen LogP contribution in [0.1, 0.15) is 30.6 Å². The van der Waals surface area contributed by atoms with Gasteiger partial charge in [-0.3, -0.25) is 4.90 Å². The highest BCUT2D eigenvalue weighted by molar-refractivity contribution is 7.90. The second-order valence-corrected chi connectivity index (χ2v) is 6.76. The molecule has 1 saturated heterocycles. The van der Waals surface area contributed by atoms with Gasteiger partial charge in [-0.1, -0.05) is 5.16 Å². The van der Waals surface area contributed by atoms with E-state index in [-0.39, 0.29) is 11.8 Å². The molecular formula is C10H17N3O3S. The summed E-state index contributed by atoms with van der Waals surface area (Å²) in [5, 5.41) is 3.92. The maximum atomic E-state index is 11.2. The van der Waals surface area contributed by atoms with Crippen LogP contribution in [0.2, 0.25) is 0 Å². The fraction of sp³-hybridized carbons (Fsp3) is 0.800. The lowest BCUT2D eigenvalue weighted by atomic mass is 10.2. The van der Waals surface area contributed by atoms with E-state index in [2.05, 4.69) is 15.0 Å². The van der Waals surface area contributed by atoms with Crippen LogP contribution in [0.5, 0.6) is 0 Å². The maximum absolute atomic E-state index is 11.2. The first-order chi connectivity index (χ1) is 7.96. The van der Waals surface area contributed by atoms with Crippen molar-refractivity contribution in [3.05, 3.63) is 11.7 Å². The Morgan fingerprint density at radius 1 is 1.53 bits per heavy atom. The predicted molar refractivity (Wildman–Crippen MR) is 62.3 cm³/mol. The third-order valence-corrected chi connectivity index (χ3v) is 3.88. The Balaban J connectivity index is 2.02. The molecule has 0 aliphatic carbocycles. The van der Waals surface area contributed by atoms with Crippen molar-refractivity contribution in [1.29, 1.82) is 0 Å². The molecular weight excluding hydrogens is 242 g/mol. The zero-order valence-electron chi connectivity index (χ0n) is 10.1. The highest BCUT2D eigenvalue weighted by Gasteiger charge is 2.29. The molecule has 0 radical (unpaired) electrons. The SMILES string of the molecule is Cc1nc([C@H]2CCCN2CCS(C)(=O)=O)no1. The Morgan fingerprint density at radius 2 is 2.29 bits per heavy atom. The van der Waals surface area contributed by atoms with E-state index in [9.17, 15) is 8.42 Å². The lowest BCUT2D eigenvalue weighted by molar-refractivity contribution is 0.255. The van der Waals surface area contributed by atoms with Gasteiger partial charge in [-0.2, -0.15) is 4.98 Å². The number of sulfone groups is 1. The Hall–Kier alpha value is -0.950. The molecule has 0 amide bonds. The smallest absolute Gasteiger partial charge is 0.223 e. The molecule has 96 valence electrons. The summed E-state index contributed by atoms with van der Waals surface area (Å²) >= 11 is 0. The topological polar surface area (TPSA) is 76.3 Å². The molecule has 6 nitrogen and oxygen atoms in total. The van der Waals surface area contributed by atoms with Crippen molar-refractivity contribution in [2.45, 2.75) is 25.8 Å². The maximum Gasteiger partial charge on any atom is 0.223 e. The molecule has 0 spiro atoms. The highest BCUT2D eigenvalue weighted by Crippen LogP contribution is 2.29. The Bertz CT molecular complexity index is 483. The van der Waals surface area contributed by atoms with E-state index in [1.807, 2.05) is 0 Å². The second kappa shape index (κ2) is 4.73. The molecule has 1 fully saturated rings. The van der Waals surface area contributed by atoms with Crippen LogP contribution in [-0.2, 0) is 9.84 Å². The van der Waals surface area contributed by atoms with Gasteiger partial charge in [0.25, 0.3) is 0 Å². The van der Waals surface area contributed by atoms with Gasteiger partial charge in [-0.15, -0.1) is 0 Å². The highest BCUT2D eigenvalue weighted by atomic mass is 32.2. The van der Waals surface area contributed by atoms with Gasteiger partial charge in [0.2, 0.25) is 5.89 Å². The van der Waals surface area contributed by atoms with E-state index in [0.717, 1.165) is 19.4 Å². The fourth-order valence-electron chi connectivity index (χ4n) is 2.12. The van der Waals surface area contributed by atoms with Crippen LogP contribution in [0.25, 0.3) is 0 Å². The van der Waals surface area contributed by atoms with Crippen molar-refractivity contribution in [1.82, 2.24) is 15.0 Å². The second-order valence-electron chi connectivity index (χ2n) is 4.50. The summed E-state index contributed by atoms with van der Waals surface area (Å²) in [6, 6.07) is 0.106. The fourth-order valence-corrected chi connectivity index (χ4v) is 2.69. The van der Waals surface area contributed by atoms with Crippen LogP contribution in [0, 0.1) is 6.92 Å². The van der Waals surface area contributed by atoms with Gasteiger partial charge in [0.15, 0.2) is 5.82 Å². The first-order valence-corrected chi connectivity index (χ1v) is 7.74. The van der Waals surface area contributed by atoms with E-state index in [4.69, 9.17) is 4.52 Å². The molecule has 0 unspecified atom stereocenters. The number of nitrogens with zero attached hydrogens (tertiary/aromatic N) is 3. The van der Waals surface area contributed by atoms with Crippen LogP contribution in [0.3, 0.4) is 0 Å². The molecule has 1 atom stereocenters. The molecule has 0 aromatic carbocycles. The lowest BCUT2D eigenvalue weighted by Gasteiger charge is -2.20. The van der Waals surface area contributed by atoms with Gasteiger partial charge in [0.1, 0.15) is 9.84 Å². The quantitative estimate of drug-likeness (QED) is 0.786. The van der Waals surface area contributed by atoms with E-state index in [1.165, 1.54) is 6.26 Å². The molecule has 1 aromatic rings. The van der Waals surface area contributed by atoms with Crippen molar-refractivity contribution >= 4 is 9.84 Å². The zero-order chi connectivity index (χ0) is 12.5. The van der Waals surface area contributed by atoms with E-state index in [1.54, 1.807) is 6.92 Å². The molecule has 0 saturated carbocycles. The summed E-state index contributed by atoms with van der Waals surface area (Å²) in [5.41, 5.74) is 0. The number of hydrogen-bond donors (Lipinski definition) is 0. The monoisotopic (exact) mass is 259 g/mol. The van der Waals surface area contributed by atoms with E-state index in [0.29, 0.717) is 18.3 Å². The molecule has 1 aliphatic rings. The minimum atomic E-state index is -2.92. The van der Waals surface area contributed by atoms with E-state index < -0.39 is 9.84 Å². The molecule has 17 heavy (non-hydrogen) atoms. The van der Waals surface area contributed by atoms with Crippen molar-refractivity contribution in [2.75, 3.05) is 25.1 Å². The molecule has 1 aromatic heterocycles. The van der Waals surface area contributed by atoms with Crippen molar-refractivity contribution < 1.29 is 12.9 Å². The van der Waals surface area contributed by atoms with Crippen LogP contribution in [-0.4, -0.2) is 48.6 Å². The third-order valence-electron chi connectivity index (χ3n) is 2.95. The lowest BCUT2D eigenvalue weighted by Crippen LogP contribution is -2.29. The molecule has 1 aliphatic heterocycles. The summed E-state index contributed by atoms with van der Waals surface area (Å²) in [6.07, 6.45) is 3.27. The summed E-state index contributed by atoms with van der Waals surface area (Å²) in [4.78, 5) is 6.33. The minimum Gasteiger partial charge on any atom is -0.340 e. The minimum absolute atomic E-state index is 0.106. The first kappa shape index (κ1) is 12.5. The van der Waals surface area contributed by atoms with Gasteiger partial charge in [-0.25, -0.2) is 8.42 Å². The van der Waals surface area contributed by atoms with Crippen molar-refractivity contribution in [3.63, 3.8) is 0 Å². The summed E-state index contributed by atoms with van der Waals surface area (Å²) in [7, 11) is -2.92. The zero-order valence-corrected chi connectivity index (χ0v) is 10.9. The first-order valence-electron chi connectivity index (χ1n) is 5.68. The van der Waals surface area contributed by atoms with Gasteiger partial charge < -0.3 is 4.52 Å². The average Bonchev–Trinajstić information content (AvgIpc) is 2.81. The van der Waals surface area contributed by atoms with Crippen LogP contribution in [0.4, 0.5) is 0 Å². The average molecular weight is 259 g/mol. The molecule has 0 bridgehead atoms. The number of rotatable bonds is 4. The number of likely N-dealkylation sites (tertiary alicyclic amines) is 1. The number of aryl methyl sites for hydroxylation is 1. The molecule has 0 N–H and O–H groups in total. The summed E-state index contributed by atoms with van der Waals surface area (Å²) in [6.45, 7) is 3.19.